The average Bonchev–Trinajstić information content (AvgIpc) is 3.76. The maximum Gasteiger partial charge on any atom is 0.100 e. The van der Waals surface area contributed by atoms with Gasteiger partial charge in [-0.2, -0.15) is 22.7 Å². The van der Waals surface area contributed by atoms with Gasteiger partial charge in [0, 0.05) is 55.8 Å². The van der Waals surface area contributed by atoms with Gasteiger partial charge in [0.25, 0.3) is 0 Å². The van der Waals surface area contributed by atoms with E-state index in [2.05, 4.69) is 103 Å². The third-order valence-electron chi connectivity index (χ3n) is 7.23. The number of hydrogen-bond donors (Lipinski definition) is 0. The highest BCUT2D eigenvalue weighted by Gasteiger charge is 2.20. The Hall–Kier alpha value is -4.26. The van der Waals surface area contributed by atoms with Gasteiger partial charge in [-0.15, -0.1) is 0 Å². The van der Waals surface area contributed by atoms with Gasteiger partial charge < -0.3 is 9.13 Å². The Morgan fingerprint density at radius 3 is 1.49 bits per heavy atom. The molecule has 0 amide bonds. The molecule has 0 radical (unpaired) electrons. The van der Waals surface area contributed by atoms with Gasteiger partial charge >= 0.3 is 0 Å². The summed E-state index contributed by atoms with van der Waals surface area (Å²) in [6.45, 7) is 0.652. The summed E-state index contributed by atoms with van der Waals surface area (Å²) in [5.74, 6) is 0. The topological polar surface area (TPSA) is 35.6 Å². The zero-order valence-electron chi connectivity index (χ0n) is 19.7. The van der Waals surface area contributed by atoms with Crippen molar-refractivity contribution in [2.45, 2.75) is 6.67 Å². The molecular weight excluding hydrogens is 493 g/mol. The normalized spacial score (nSPS) is 11.9. The van der Waals surface area contributed by atoms with Gasteiger partial charge in [0.1, 0.15) is 6.67 Å². The molecule has 0 aliphatic carbocycles. The van der Waals surface area contributed by atoms with Crippen LogP contribution in [0.15, 0.2) is 107 Å². The minimum absolute atomic E-state index is 0.652. The van der Waals surface area contributed by atoms with E-state index < -0.39 is 0 Å². The summed E-state index contributed by atoms with van der Waals surface area (Å²) in [5, 5.41) is 13.5. The third-order valence-corrected chi connectivity index (χ3v) is 8.60. The second-order valence-corrected chi connectivity index (χ2v) is 10.7. The second kappa shape index (κ2) is 8.13. The van der Waals surface area contributed by atoms with Gasteiger partial charge in [0.05, 0.1) is 33.5 Å². The number of fused-ring (bicyclic) bond motifs is 6. The van der Waals surface area contributed by atoms with Crippen LogP contribution in [0.25, 0.3) is 66.1 Å². The maximum atomic E-state index is 4.88. The van der Waals surface area contributed by atoms with E-state index in [1.54, 1.807) is 22.7 Å². The molecule has 2 aromatic carbocycles. The summed E-state index contributed by atoms with van der Waals surface area (Å²) >= 11 is 3.41. The lowest BCUT2D eigenvalue weighted by molar-refractivity contribution is 0.682. The minimum atomic E-state index is 0.652. The number of para-hydroxylation sites is 2. The van der Waals surface area contributed by atoms with Crippen LogP contribution in [0.4, 0.5) is 0 Å². The SMILES string of the molecule is c1ccc2c(c1)c1ccnc(-c3ccsc3)c1n2Cn1c2ccccc2c2ccnc(-c3ccsc3)c21. The fourth-order valence-corrected chi connectivity index (χ4v) is 6.94. The highest BCUT2D eigenvalue weighted by atomic mass is 32.1. The van der Waals surface area contributed by atoms with Crippen molar-refractivity contribution in [2.75, 3.05) is 0 Å². The van der Waals surface area contributed by atoms with Crippen LogP contribution in [0.5, 0.6) is 0 Å². The molecule has 6 heteroatoms. The van der Waals surface area contributed by atoms with Crippen LogP contribution in [0.2, 0.25) is 0 Å². The predicted molar refractivity (Wildman–Crippen MR) is 157 cm³/mol. The monoisotopic (exact) mass is 512 g/mol. The smallest absolute Gasteiger partial charge is 0.100 e. The largest absolute Gasteiger partial charge is 0.320 e. The van der Waals surface area contributed by atoms with Crippen molar-refractivity contribution in [2.24, 2.45) is 0 Å². The first-order valence-corrected chi connectivity index (χ1v) is 14.0. The Morgan fingerprint density at radius 2 is 1.03 bits per heavy atom. The summed E-state index contributed by atoms with van der Waals surface area (Å²) in [6, 6.07) is 26.0. The summed E-state index contributed by atoms with van der Waals surface area (Å²) in [5.41, 5.74) is 9.08. The molecule has 0 N–H and O–H groups in total. The van der Waals surface area contributed by atoms with Crippen molar-refractivity contribution in [3.63, 3.8) is 0 Å². The molecule has 0 atom stereocenters. The van der Waals surface area contributed by atoms with Crippen molar-refractivity contribution in [3.05, 3.63) is 107 Å². The van der Waals surface area contributed by atoms with E-state index in [-0.39, 0.29) is 0 Å². The van der Waals surface area contributed by atoms with Gasteiger partial charge in [0.2, 0.25) is 0 Å². The lowest BCUT2D eigenvalue weighted by Gasteiger charge is -2.15. The van der Waals surface area contributed by atoms with E-state index >= 15 is 0 Å². The van der Waals surface area contributed by atoms with Gasteiger partial charge in [-0.3, -0.25) is 9.97 Å². The Kier molecular flexibility index (Phi) is 4.59. The highest BCUT2D eigenvalue weighted by molar-refractivity contribution is 7.08. The molecule has 8 aromatic rings. The average molecular weight is 513 g/mol. The van der Waals surface area contributed by atoms with Crippen LogP contribution in [-0.4, -0.2) is 19.1 Å². The van der Waals surface area contributed by atoms with Crippen molar-refractivity contribution >= 4 is 66.3 Å². The number of hydrogen-bond acceptors (Lipinski definition) is 4. The quantitative estimate of drug-likeness (QED) is 0.236. The summed E-state index contributed by atoms with van der Waals surface area (Å²) < 4.78 is 4.86. The van der Waals surface area contributed by atoms with Crippen molar-refractivity contribution in [3.8, 4) is 22.5 Å². The summed E-state index contributed by atoms with van der Waals surface area (Å²) in [4.78, 5) is 9.77. The highest BCUT2D eigenvalue weighted by Crippen LogP contribution is 2.38. The fourth-order valence-electron chi connectivity index (χ4n) is 5.66. The molecule has 0 aliphatic rings. The number of thiophene rings is 2. The molecule has 0 fully saturated rings. The molecule has 8 rings (SSSR count). The van der Waals surface area contributed by atoms with Gasteiger partial charge in [-0.05, 0) is 47.2 Å². The van der Waals surface area contributed by atoms with Crippen molar-refractivity contribution < 1.29 is 0 Å². The Morgan fingerprint density at radius 1 is 0.541 bits per heavy atom. The molecule has 0 aliphatic heterocycles. The van der Waals surface area contributed by atoms with Crippen LogP contribution in [0, 0.1) is 0 Å². The molecular formula is C31H20N4S2. The Balaban J connectivity index is 1.49. The second-order valence-electron chi connectivity index (χ2n) is 9.17. The van der Waals surface area contributed by atoms with Gasteiger partial charge in [-0.25, -0.2) is 0 Å². The van der Waals surface area contributed by atoms with E-state index in [1.165, 1.54) is 32.6 Å². The summed E-state index contributed by atoms with van der Waals surface area (Å²) in [6.07, 6.45) is 3.87. The standard InChI is InChI=1S/C31H20N4S2/c1-3-7-26-22(5-1)24-9-13-32-28(20-11-15-36-17-20)30(24)34(26)19-35-27-8-4-2-6-23(27)25-10-14-33-29(31(25)35)21-12-16-37-18-21/h1-18H,19H2. The van der Waals surface area contributed by atoms with E-state index in [9.17, 15) is 0 Å². The molecule has 37 heavy (non-hydrogen) atoms. The van der Waals surface area contributed by atoms with Crippen molar-refractivity contribution in [1.29, 1.82) is 0 Å². The van der Waals surface area contributed by atoms with E-state index in [1.807, 2.05) is 12.4 Å². The first-order valence-electron chi connectivity index (χ1n) is 12.2. The predicted octanol–water partition coefficient (Wildman–Crippen LogP) is 8.66. The van der Waals surface area contributed by atoms with Crippen LogP contribution in [0.1, 0.15) is 0 Å². The molecule has 0 bridgehead atoms. The van der Waals surface area contributed by atoms with E-state index in [0.29, 0.717) is 6.67 Å². The zero-order valence-corrected chi connectivity index (χ0v) is 21.3. The molecule has 6 aromatic heterocycles. The van der Waals surface area contributed by atoms with Gasteiger partial charge in [-0.1, -0.05) is 36.4 Å². The Labute approximate surface area is 220 Å². The zero-order chi connectivity index (χ0) is 24.3. The first kappa shape index (κ1) is 20.9. The lowest BCUT2D eigenvalue weighted by Crippen LogP contribution is -2.09. The molecule has 0 spiro atoms. The Bertz CT molecular complexity index is 1910. The molecule has 0 saturated carbocycles. The molecule has 4 nitrogen and oxygen atoms in total. The number of benzene rings is 2. The van der Waals surface area contributed by atoms with Gasteiger partial charge in [0.15, 0.2) is 0 Å². The number of pyridine rings is 2. The van der Waals surface area contributed by atoms with Crippen LogP contribution in [0.3, 0.4) is 0 Å². The third kappa shape index (κ3) is 3.06. The number of aromatic nitrogens is 4. The molecule has 176 valence electrons. The fraction of sp³-hybridized carbons (Fsp3) is 0.0323. The van der Waals surface area contributed by atoms with E-state index in [0.717, 1.165) is 33.5 Å². The van der Waals surface area contributed by atoms with Crippen molar-refractivity contribution in [1.82, 2.24) is 19.1 Å². The number of rotatable bonds is 4. The van der Waals surface area contributed by atoms with Crippen LogP contribution in [-0.2, 0) is 6.67 Å². The van der Waals surface area contributed by atoms with Crippen LogP contribution >= 0.6 is 22.7 Å². The summed E-state index contributed by atoms with van der Waals surface area (Å²) in [7, 11) is 0. The van der Waals surface area contributed by atoms with E-state index in [4.69, 9.17) is 9.97 Å². The minimum Gasteiger partial charge on any atom is -0.320 e. The maximum absolute atomic E-state index is 4.88. The molecule has 0 saturated heterocycles. The first-order chi connectivity index (χ1) is 18.4. The lowest BCUT2D eigenvalue weighted by atomic mass is 10.1. The van der Waals surface area contributed by atoms with Crippen LogP contribution < -0.4 is 0 Å². The number of nitrogens with zero attached hydrogens (tertiary/aromatic N) is 4. The molecule has 0 unspecified atom stereocenters. The molecule has 6 heterocycles.